The van der Waals surface area contributed by atoms with Crippen LogP contribution in [0.5, 0.6) is 5.75 Å². The van der Waals surface area contributed by atoms with E-state index in [1.807, 2.05) is 19.1 Å². The summed E-state index contributed by atoms with van der Waals surface area (Å²) in [5, 5.41) is 8.61. The molecule has 0 N–H and O–H groups in total. The average molecular weight is 269 g/mol. The summed E-state index contributed by atoms with van der Waals surface area (Å²) in [4.78, 5) is 11.9. The number of hydrogen-bond acceptors (Lipinski definition) is 3. The molecule has 3 nitrogen and oxygen atoms in total. The second-order valence-corrected chi connectivity index (χ2v) is 4.33. The number of nitriles is 1. The Kier molecular flexibility index (Phi) is 4.11. The van der Waals surface area contributed by atoms with Crippen LogP contribution in [0.25, 0.3) is 0 Å². The van der Waals surface area contributed by atoms with Crippen LogP contribution in [0.2, 0.25) is 0 Å². The van der Waals surface area contributed by atoms with E-state index in [0.29, 0.717) is 5.56 Å². The molecule has 2 aromatic rings. The summed E-state index contributed by atoms with van der Waals surface area (Å²) in [5.74, 6) is -0.621. The number of ketones is 1. The van der Waals surface area contributed by atoms with Crippen LogP contribution in [-0.4, -0.2) is 12.4 Å². The molecule has 0 heterocycles. The van der Waals surface area contributed by atoms with Gasteiger partial charge in [0.25, 0.3) is 0 Å². The predicted molar refractivity (Wildman–Crippen MR) is 72.1 cm³/mol. The van der Waals surface area contributed by atoms with Crippen LogP contribution in [0.15, 0.2) is 42.5 Å². The van der Waals surface area contributed by atoms with Gasteiger partial charge in [-0.1, -0.05) is 29.8 Å². The number of nitrogens with zero attached hydrogens (tertiary/aromatic N) is 1. The molecule has 0 fully saturated rings. The largest absolute Gasteiger partial charge is 0.485 e. The van der Waals surface area contributed by atoms with Gasteiger partial charge in [0.15, 0.2) is 12.4 Å². The Hall–Kier alpha value is -2.67. The fourth-order valence-corrected chi connectivity index (χ4v) is 1.65. The van der Waals surface area contributed by atoms with Gasteiger partial charge in [0.2, 0.25) is 0 Å². The Balaban J connectivity index is 2.02. The molecule has 100 valence electrons. The number of ether oxygens (including phenoxy) is 1. The molecule has 2 rings (SSSR count). The highest BCUT2D eigenvalue weighted by Crippen LogP contribution is 2.16. The first kappa shape index (κ1) is 13.8. The number of Topliss-reactive ketones (excluding diaryl/α,β-unsaturated/α-hetero) is 1. The first-order valence-electron chi connectivity index (χ1n) is 6.02. The van der Waals surface area contributed by atoms with Crippen molar-refractivity contribution < 1.29 is 13.9 Å². The Labute approximate surface area is 116 Å². The molecule has 0 aliphatic carbocycles. The highest BCUT2D eigenvalue weighted by Gasteiger charge is 2.08. The zero-order chi connectivity index (χ0) is 14.5. The molecule has 0 saturated carbocycles. The van der Waals surface area contributed by atoms with Crippen LogP contribution < -0.4 is 4.74 Å². The summed E-state index contributed by atoms with van der Waals surface area (Å²) in [6, 6.07) is 12.7. The Morgan fingerprint density at radius 2 is 1.95 bits per heavy atom. The summed E-state index contributed by atoms with van der Waals surface area (Å²) in [5.41, 5.74) is 1.56. The summed E-state index contributed by atoms with van der Waals surface area (Å²) in [6.45, 7) is 1.76. The van der Waals surface area contributed by atoms with Crippen molar-refractivity contribution in [2.45, 2.75) is 6.92 Å². The lowest BCUT2D eigenvalue weighted by atomic mass is 10.1. The summed E-state index contributed by atoms with van der Waals surface area (Å²) in [6.07, 6.45) is 0. The molecule has 0 atom stereocenters. The van der Waals surface area contributed by atoms with E-state index in [1.54, 1.807) is 18.2 Å². The van der Waals surface area contributed by atoms with E-state index in [4.69, 9.17) is 10.00 Å². The van der Waals surface area contributed by atoms with Crippen molar-refractivity contribution in [1.29, 1.82) is 5.26 Å². The smallest absolute Gasteiger partial charge is 0.200 e. The minimum absolute atomic E-state index is 0.0535. The SMILES string of the molecule is Cc1ccc(C(=O)COc2ccc(C#N)c(F)c2)cc1. The van der Waals surface area contributed by atoms with Crippen molar-refractivity contribution in [2.24, 2.45) is 0 Å². The quantitative estimate of drug-likeness (QED) is 0.800. The number of aryl methyl sites for hydroxylation is 1. The van der Waals surface area contributed by atoms with Gasteiger partial charge in [-0.25, -0.2) is 4.39 Å². The van der Waals surface area contributed by atoms with Crippen molar-refractivity contribution >= 4 is 5.78 Å². The zero-order valence-electron chi connectivity index (χ0n) is 10.9. The fraction of sp³-hybridized carbons (Fsp3) is 0.125. The lowest BCUT2D eigenvalue weighted by Gasteiger charge is -2.06. The number of hydrogen-bond donors (Lipinski definition) is 0. The van der Waals surface area contributed by atoms with E-state index in [9.17, 15) is 9.18 Å². The van der Waals surface area contributed by atoms with Gasteiger partial charge in [0.1, 0.15) is 17.6 Å². The Morgan fingerprint density at radius 3 is 2.55 bits per heavy atom. The third kappa shape index (κ3) is 3.21. The van der Waals surface area contributed by atoms with E-state index in [0.717, 1.165) is 11.6 Å². The Morgan fingerprint density at radius 1 is 1.25 bits per heavy atom. The van der Waals surface area contributed by atoms with Crippen LogP contribution in [0.4, 0.5) is 4.39 Å². The first-order chi connectivity index (χ1) is 9.60. The average Bonchev–Trinajstić information content (AvgIpc) is 2.45. The van der Waals surface area contributed by atoms with Crippen LogP contribution in [0, 0.1) is 24.1 Å². The maximum absolute atomic E-state index is 13.4. The van der Waals surface area contributed by atoms with Gasteiger partial charge >= 0.3 is 0 Å². The number of carbonyl (C=O) groups excluding carboxylic acids is 1. The van der Waals surface area contributed by atoms with Gasteiger partial charge < -0.3 is 4.74 Å². The van der Waals surface area contributed by atoms with E-state index >= 15 is 0 Å². The molecule has 2 aromatic carbocycles. The molecular weight excluding hydrogens is 257 g/mol. The molecule has 0 unspecified atom stereocenters. The van der Waals surface area contributed by atoms with Crippen LogP contribution >= 0.6 is 0 Å². The summed E-state index contributed by atoms with van der Waals surface area (Å²) < 4.78 is 18.6. The van der Waals surface area contributed by atoms with E-state index in [1.165, 1.54) is 12.1 Å². The van der Waals surface area contributed by atoms with E-state index in [-0.39, 0.29) is 23.7 Å². The van der Waals surface area contributed by atoms with Crippen LogP contribution in [0.3, 0.4) is 0 Å². The number of carbonyl (C=O) groups is 1. The molecule has 0 amide bonds. The third-order valence-corrected chi connectivity index (χ3v) is 2.80. The second kappa shape index (κ2) is 5.98. The maximum atomic E-state index is 13.4. The molecule has 0 bridgehead atoms. The van der Waals surface area contributed by atoms with Crippen molar-refractivity contribution in [3.63, 3.8) is 0 Å². The molecule has 4 heteroatoms. The maximum Gasteiger partial charge on any atom is 0.200 e. The van der Waals surface area contributed by atoms with Crippen molar-refractivity contribution in [2.75, 3.05) is 6.61 Å². The number of benzene rings is 2. The second-order valence-electron chi connectivity index (χ2n) is 4.33. The molecule has 0 aliphatic rings. The lowest BCUT2D eigenvalue weighted by molar-refractivity contribution is 0.0921. The first-order valence-corrected chi connectivity index (χ1v) is 6.02. The minimum atomic E-state index is -0.659. The number of rotatable bonds is 4. The molecular formula is C16H12FNO2. The van der Waals surface area contributed by atoms with Gasteiger partial charge in [-0.05, 0) is 19.1 Å². The van der Waals surface area contributed by atoms with Crippen molar-refractivity contribution in [1.82, 2.24) is 0 Å². The normalized spacial score (nSPS) is 9.85. The topological polar surface area (TPSA) is 50.1 Å². The lowest BCUT2D eigenvalue weighted by Crippen LogP contribution is -2.11. The molecule has 0 radical (unpaired) electrons. The van der Waals surface area contributed by atoms with Crippen molar-refractivity contribution in [3.05, 3.63) is 65.0 Å². The van der Waals surface area contributed by atoms with E-state index < -0.39 is 5.82 Å². The molecule has 0 aromatic heterocycles. The highest BCUT2D eigenvalue weighted by atomic mass is 19.1. The fourth-order valence-electron chi connectivity index (χ4n) is 1.65. The monoisotopic (exact) mass is 269 g/mol. The third-order valence-electron chi connectivity index (χ3n) is 2.80. The van der Waals surface area contributed by atoms with Crippen LogP contribution in [-0.2, 0) is 0 Å². The molecule has 0 spiro atoms. The number of halogens is 1. The highest BCUT2D eigenvalue weighted by molar-refractivity contribution is 5.97. The molecule has 0 saturated heterocycles. The van der Waals surface area contributed by atoms with Gasteiger partial charge in [-0.15, -0.1) is 0 Å². The van der Waals surface area contributed by atoms with Crippen molar-refractivity contribution in [3.8, 4) is 11.8 Å². The Bertz CT molecular complexity index is 672. The van der Waals surface area contributed by atoms with Gasteiger partial charge in [0, 0.05) is 11.6 Å². The molecule has 0 aliphatic heterocycles. The van der Waals surface area contributed by atoms with Gasteiger partial charge in [0.05, 0.1) is 5.56 Å². The minimum Gasteiger partial charge on any atom is -0.485 e. The van der Waals surface area contributed by atoms with E-state index in [2.05, 4.69) is 0 Å². The van der Waals surface area contributed by atoms with Gasteiger partial charge in [-0.3, -0.25) is 4.79 Å². The van der Waals surface area contributed by atoms with Crippen LogP contribution in [0.1, 0.15) is 21.5 Å². The zero-order valence-corrected chi connectivity index (χ0v) is 10.9. The summed E-state index contributed by atoms with van der Waals surface area (Å²) in [7, 11) is 0. The molecule has 20 heavy (non-hydrogen) atoms. The standard InChI is InChI=1S/C16H12FNO2/c1-11-2-4-12(5-3-11)16(19)10-20-14-7-6-13(9-18)15(17)8-14/h2-8H,10H2,1H3. The predicted octanol–water partition coefficient (Wildman–Crippen LogP) is 3.27. The summed E-state index contributed by atoms with van der Waals surface area (Å²) >= 11 is 0. The van der Waals surface area contributed by atoms with Gasteiger partial charge in [-0.2, -0.15) is 5.26 Å².